The van der Waals surface area contributed by atoms with Crippen LogP contribution in [0.25, 0.3) is 0 Å². The van der Waals surface area contributed by atoms with Gasteiger partial charge >= 0.3 is 0 Å². The zero-order valence-corrected chi connectivity index (χ0v) is 17.7. The molecular weight excluding hydrogens is 368 g/mol. The van der Waals surface area contributed by atoms with Crippen molar-refractivity contribution in [3.8, 4) is 0 Å². The molecule has 0 radical (unpaired) electrons. The standard InChI is InChI=1S/C22H34N4O3/c1-15-13-26(14-16(2)29-15)22(28)19-12-23-24-20(19)17-8-10-25(11-9-17)21(27)18-6-4-3-5-7-18/h12,15-18H,3-11,13-14H2,1-2H3,(H,23,24)/t15-,16-/m0/s1. The van der Waals surface area contributed by atoms with Crippen LogP contribution in [-0.4, -0.2) is 70.2 Å². The van der Waals surface area contributed by atoms with Crippen molar-refractivity contribution in [1.29, 1.82) is 0 Å². The minimum atomic E-state index is 0.0384. The summed E-state index contributed by atoms with van der Waals surface area (Å²) in [6, 6.07) is 0. The SMILES string of the molecule is C[C@H]1CN(C(=O)c2cn[nH]c2C2CCN(C(=O)C3CCCCC3)CC2)C[C@H](C)O1. The summed E-state index contributed by atoms with van der Waals surface area (Å²) in [5.41, 5.74) is 1.62. The van der Waals surface area contributed by atoms with Gasteiger partial charge in [0.05, 0.1) is 29.7 Å². The number of nitrogens with zero attached hydrogens (tertiary/aromatic N) is 3. The molecular formula is C22H34N4O3. The van der Waals surface area contributed by atoms with Crippen LogP contribution in [0.2, 0.25) is 0 Å². The Balaban J connectivity index is 1.38. The molecule has 0 bridgehead atoms. The molecule has 160 valence electrons. The Morgan fingerprint density at radius 3 is 2.31 bits per heavy atom. The van der Waals surface area contributed by atoms with Crippen LogP contribution in [0.3, 0.4) is 0 Å². The van der Waals surface area contributed by atoms with E-state index in [-0.39, 0.29) is 30.0 Å². The Hall–Kier alpha value is -1.89. The molecule has 0 unspecified atom stereocenters. The molecule has 2 amide bonds. The highest BCUT2D eigenvalue weighted by molar-refractivity contribution is 5.95. The van der Waals surface area contributed by atoms with Crippen LogP contribution in [-0.2, 0) is 9.53 Å². The molecule has 1 aliphatic carbocycles. The number of aromatic amines is 1. The first-order chi connectivity index (χ1) is 14.0. The molecule has 2 saturated heterocycles. The topological polar surface area (TPSA) is 78.5 Å². The predicted molar refractivity (Wildman–Crippen MR) is 110 cm³/mol. The second-order valence-electron chi connectivity index (χ2n) is 9.10. The van der Waals surface area contributed by atoms with E-state index in [0.717, 1.165) is 44.5 Å². The number of hydrogen-bond acceptors (Lipinski definition) is 4. The number of carbonyl (C=O) groups is 2. The molecule has 1 saturated carbocycles. The number of hydrogen-bond donors (Lipinski definition) is 1. The number of rotatable bonds is 3. The van der Waals surface area contributed by atoms with E-state index >= 15 is 0 Å². The molecule has 1 aromatic rings. The lowest BCUT2D eigenvalue weighted by Gasteiger charge is -2.36. The number of piperidine rings is 1. The largest absolute Gasteiger partial charge is 0.372 e. The fourth-order valence-corrected chi connectivity index (χ4v) is 5.29. The number of amides is 2. The van der Waals surface area contributed by atoms with E-state index in [4.69, 9.17) is 4.74 Å². The summed E-state index contributed by atoms with van der Waals surface area (Å²) in [6.45, 7) is 6.79. The van der Waals surface area contributed by atoms with Gasteiger partial charge in [-0.05, 0) is 39.5 Å². The van der Waals surface area contributed by atoms with Crippen molar-refractivity contribution in [3.05, 3.63) is 17.5 Å². The van der Waals surface area contributed by atoms with E-state index in [0.29, 0.717) is 24.6 Å². The molecule has 7 heteroatoms. The molecule has 0 spiro atoms. The van der Waals surface area contributed by atoms with E-state index in [9.17, 15) is 9.59 Å². The summed E-state index contributed by atoms with van der Waals surface area (Å²) in [5, 5.41) is 7.29. The van der Waals surface area contributed by atoms with E-state index in [2.05, 4.69) is 15.1 Å². The maximum Gasteiger partial charge on any atom is 0.257 e. The molecule has 1 N–H and O–H groups in total. The third kappa shape index (κ3) is 4.49. The number of likely N-dealkylation sites (tertiary alicyclic amines) is 1. The van der Waals surface area contributed by atoms with Crippen LogP contribution in [0.4, 0.5) is 0 Å². The number of nitrogens with one attached hydrogen (secondary N) is 1. The van der Waals surface area contributed by atoms with Crippen molar-refractivity contribution in [2.24, 2.45) is 5.92 Å². The van der Waals surface area contributed by atoms with Gasteiger partial charge in [-0.3, -0.25) is 14.7 Å². The maximum atomic E-state index is 13.1. The van der Waals surface area contributed by atoms with Gasteiger partial charge in [-0.15, -0.1) is 0 Å². The van der Waals surface area contributed by atoms with Gasteiger partial charge in [0.25, 0.3) is 5.91 Å². The highest BCUT2D eigenvalue weighted by atomic mass is 16.5. The third-order valence-electron chi connectivity index (χ3n) is 6.78. The molecule has 3 heterocycles. The summed E-state index contributed by atoms with van der Waals surface area (Å²) < 4.78 is 5.76. The molecule has 7 nitrogen and oxygen atoms in total. The average molecular weight is 403 g/mol. The Labute approximate surface area is 173 Å². The van der Waals surface area contributed by atoms with Crippen LogP contribution >= 0.6 is 0 Å². The van der Waals surface area contributed by atoms with Crippen molar-refractivity contribution < 1.29 is 14.3 Å². The van der Waals surface area contributed by atoms with Gasteiger partial charge in [0, 0.05) is 38.0 Å². The fourth-order valence-electron chi connectivity index (χ4n) is 5.29. The molecule has 1 aromatic heterocycles. The van der Waals surface area contributed by atoms with Gasteiger partial charge in [0.15, 0.2) is 0 Å². The summed E-state index contributed by atoms with van der Waals surface area (Å²) in [5.74, 6) is 0.870. The van der Waals surface area contributed by atoms with E-state index in [1.807, 2.05) is 18.7 Å². The molecule has 0 aromatic carbocycles. The number of aromatic nitrogens is 2. The van der Waals surface area contributed by atoms with Crippen molar-refractivity contribution in [2.75, 3.05) is 26.2 Å². The summed E-state index contributed by atoms with van der Waals surface area (Å²) in [4.78, 5) is 29.9. The van der Waals surface area contributed by atoms with Crippen LogP contribution in [0.5, 0.6) is 0 Å². The Morgan fingerprint density at radius 1 is 1.00 bits per heavy atom. The Kier molecular flexibility index (Phi) is 6.23. The van der Waals surface area contributed by atoms with Crippen molar-refractivity contribution in [3.63, 3.8) is 0 Å². The number of carbonyl (C=O) groups excluding carboxylic acids is 2. The first kappa shape index (κ1) is 20.4. The zero-order chi connectivity index (χ0) is 20.4. The van der Waals surface area contributed by atoms with Gasteiger partial charge in [-0.2, -0.15) is 5.10 Å². The summed E-state index contributed by atoms with van der Waals surface area (Å²) in [7, 11) is 0. The van der Waals surface area contributed by atoms with E-state index < -0.39 is 0 Å². The van der Waals surface area contributed by atoms with Gasteiger partial charge in [0.2, 0.25) is 5.91 Å². The van der Waals surface area contributed by atoms with Crippen LogP contribution in [0.1, 0.15) is 80.8 Å². The van der Waals surface area contributed by atoms with Crippen LogP contribution < -0.4 is 0 Å². The first-order valence-corrected chi connectivity index (χ1v) is 11.3. The summed E-state index contributed by atoms with van der Waals surface area (Å²) >= 11 is 0. The number of H-pyrrole nitrogens is 1. The van der Waals surface area contributed by atoms with Crippen molar-refractivity contribution >= 4 is 11.8 Å². The van der Waals surface area contributed by atoms with E-state index in [1.165, 1.54) is 19.3 Å². The predicted octanol–water partition coefficient (Wildman–Crippen LogP) is 2.95. The molecule has 29 heavy (non-hydrogen) atoms. The van der Waals surface area contributed by atoms with Gasteiger partial charge < -0.3 is 14.5 Å². The van der Waals surface area contributed by atoms with Gasteiger partial charge in [-0.1, -0.05) is 19.3 Å². The Morgan fingerprint density at radius 2 is 1.66 bits per heavy atom. The lowest BCUT2D eigenvalue weighted by Crippen LogP contribution is -2.48. The average Bonchev–Trinajstić information content (AvgIpc) is 3.22. The normalized spacial score (nSPS) is 27.2. The smallest absolute Gasteiger partial charge is 0.257 e. The van der Waals surface area contributed by atoms with Crippen molar-refractivity contribution in [2.45, 2.75) is 76.9 Å². The van der Waals surface area contributed by atoms with Gasteiger partial charge in [0.1, 0.15) is 0 Å². The molecule has 3 aliphatic rings. The molecule has 4 rings (SSSR count). The quantitative estimate of drug-likeness (QED) is 0.843. The highest BCUT2D eigenvalue weighted by Gasteiger charge is 2.33. The maximum absolute atomic E-state index is 13.1. The lowest BCUT2D eigenvalue weighted by atomic mass is 9.86. The van der Waals surface area contributed by atoms with E-state index in [1.54, 1.807) is 6.20 Å². The summed E-state index contributed by atoms with van der Waals surface area (Å²) in [6.07, 6.45) is 9.28. The second kappa shape index (κ2) is 8.86. The zero-order valence-electron chi connectivity index (χ0n) is 17.7. The molecule has 3 fully saturated rings. The van der Waals surface area contributed by atoms with Gasteiger partial charge in [-0.25, -0.2) is 0 Å². The minimum Gasteiger partial charge on any atom is -0.372 e. The van der Waals surface area contributed by atoms with Crippen LogP contribution in [0.15, 0.2) is 6.20 Å². The number of ether oxygens (including phenoxy) is 1. The second-order valence-corrected chi connectivity index (χ2v) is 9.10. The van der Waals surface area contributed by atoms with Crippen LogP contribution in [0, 0.1) is 5.92 Å². The molecule has 2 aliphatic heterocycles. The fraction of sp³-hybridized carbons (Fsp3) is 0.773. The number of morpholine rings is 1. The minimum absolute atomic E-state index is 0.0384. The van der Waals surface area contributed by atoms with Crippen molar-refractivity contribution in [1.82, 2.24) is 20.0 Å². The first-order valence-electron chi connectivity index (χ1n) is 11.3. The monoisotopic (exact) mass is 402 g/mol. The lowest BCUT2D eigenvalue weighted by molar-refractivity contribution is -0.137. The molecule has 2 atom stereocenters. The highest BCUT2D eigenvalue weighted by Crippen LogP contribution is 2.32. The third-order valence-corrected chi connectivity index (χ3v) is 6.78. The Bertz CT molecular complexity index is 709.